The molecule has 4 unspecified atom stereocenters. The van der Waals surface area contributed by atoms with Crippen LogP contribution in [0.5, 0.6) is 0 Å². The van der Waals surface area contributed by atoms with Gasteiger partial charge in [-0.3, -0.25) is 0 Å². The van der Waals surface area contributed by atoms with Crippen LogP contribution in [0.15, 0.2) is 36.0 Å². The predicted octanol–water partition coefficient (Wildman–Crippen LogP) is 4.06. The lowest BCUT2D eigenvalue weighted by atomic mass is 9.86. The van der Waals surface area contributed by atoms with Crippen LogP contribution in [-0.2, 0) is 4.74 Å². The van der Waals surface area contributed by atoms with E-state index in [4.69, 9.17) is 4.74 Å². The van der Waals surface area contributed by atoms with Crippen molar-refractivity contribution in [1.29, 1.82) is 0 Å². The number of rotatable bonds is 1. The molecule has 2 aliphatic heterocycles. The lowest BCUT2D eigenvalue weighted by Gasteiger charge is -2.35. The Hall–Kier alpha value is -0.900. The first-order chi connectivity index (χ1) is 10.6. The molecule has 0 aromatic carbocycles. The number of hydrogen-bond donors (Lipinski definition) is 2. The van der Waals surface area contributed by atoms with E-state index in [0.717, 1.165) is 31.3 Å². The van der Waals surface area contributed by atoms with Gasteiger partial charge in [-0.2, -0.15) is 0 Å². The zero-order valence-corrected chi connectivity index (χ0v) is 15.1. The summed E-state index contributed by atoms with van der Waals surface area (Å²) in [6.45, 7) is 12.0. The smallest absolute Gasteiger partial charge is 0.108 e. The van der Waals surface area contributed by atoms with E-state index in [1.54, 1.807) is 0 Å². The molecule has 23 heavy (non-hydrogen) atoms. The van der Waals surface area contributed by atoms with Crippen LogP contribution in [-0.4, -0.2) is 33.1 Å². The predicted molar refractivity (Wildman–Crippen MR) is 94.3 cm³/mol. The minimum Gasteiger partial charge on any atom is -0.390 e. The van der Waals surface area contributed by atoms with Gasteiger partial charge in [-0.15, -0.1) is 0 Å². The Morgan fingerprint density at radius 3 is 2.61 bits per heavy atom. The highest BCUT2D eigenvalue weighted by atomic mass is 16.5. The molecule has 2 rings (SSSR count). The second-order valence-electron chi connectivity index (χ2n) is 7.92. The van der Waals surface area contributed by atoms with Crippen LogP contribution < -0.4 is 0 Å². The van der Waals surface area contributed by atoms with E-state index in [0.29, 0.717) is 12.8 Å². The van der Waals surface area contributed by atoms with Gasteiger partial charge < -0.3 is 14.9 Å². The van der Waals surface area contributed by atoms with Crippen molar-refractivity contribution in [2.24, 2.45) is 0 Å². The van der Waals surface area contributed by atoms with Gasteiger partial charge in [0, 0.05) is 0 Å². The second-order valence-corrected chi connectivity index (χ2v) is 7.92. The van der Waals surface area contributed by atoms with Crippen molar-refractivity contribution in [2.45, 2.75) is 89.1 Å². The monoisotopic (exact) mass is 320 g/mol. The van der Waals surface area contributed by atoms with E-state index < -0.39 is 22.9 Å². The summed E-state index contributed by atoms with van der Waals surface area (Å²) in [6.07, 6.45) is 10.1. The fourth-order valence-electron chi connectivity index (χ4n) is 3.53. The van der Waals surface area contributed by atoms with Crippen LogP contribution in [0.3, 0.4) is 0 Å². The van der Waals surface area contributed by atoms with Gasteiger partial charge in [-0.25, -0.2) is 0 Å². The number of ether oxygens (including phenoxy) is 1. The highest BCUT2D eigenvalue weighted by Gasteiger charge is 2.49. The lowest BCUT2D eigenvalue weighted by Crippen LogP contribution is -2.42. The third-order valence-electron chi connectivity index (χ3n) is 5.50. The molecule has 2 aliphatic rings. The van der Waals surface area contributed by atoms with Gasteiger partial charge in [-0.1, -0.05) is 24.3 Å². The fraction of sp³-hybridized carbons (Fsp3) is 0.700. The Morgan fingerprint density at radius 2 is 1.96 bits per heavy atom. The third kappa shape index (κ3) is 4.14. The lowest BCUT2D eigenvalue weighted by molar-refractivity contribution is -0.120. The molecule has 0 aromatic heterocycles. The second kappa shape index (κ2) is 6.54. The molecular formula is C20H32O3. The Morgan fingerprint density at radius 1 is 1.26 bits per heavy atom. The summed E-state index contributed by atoms with van der Waals surface area (Å²) < 4.78 is 6.39. The van der Waals surface area contributed by atoms with Gasteiger partial charge in [-0.05, 0) is 77.9 Å². The largest absolute Gasteiger partial charge is 0.390 e. The molecule has 3 heteroatoms. The SMILES string of the molecule is C=C(C)C12C=CC(C)(O)CCC=C(C)CCC(O)C(C)(CC1)O2. The molecule has 4 atom stereocenters. The molecular weight excluding hydrogens is 288 g/mol. The van der Waals surface area contributed by atoms with Crippen molar-refractivity contribution in [3.8, 4) is 0 Å². The highest BCUT2D eigenvalue weighted by molar-refractivity contribution is 5.26. The Kier molecular flexibility index (Phi) is 5.24. The first-order valence-electron chi connectivity index (χ1n) is 8.71. The van der Waals surface area contributed by atoms with Gasteiger partial charge >= 0.3 is 0 Å². The summed E-state index contributed by atoms with van der Waals surface area (Å²) in [5.41, 5.74) is 0.161. The Balaban J connectivity index is 2.37. The number of fused-ring (bicyclic) bond motifs is 2. The number of allylic oxidation sites excluding steroid dienone is 2. The van der Waals surface area contributed by atoms with Crippen LogP contribution in [0.25, 0.3) is 0 Å². The first kappa shape index (κ1) is 18.4. The molecule has 0 saturated carbocycles. The molecule has 0 aliphatic carbocycles. The summed E-state index contributed by atoms with van der Waals surface area (Å²) in [4.78, 5) is 0. The van der Waals surface area contributed by atoms with Crippen molar-refractivity contribution in [3.05, 3.63) is 36.0 Å². The first-order valence-corrected chi connectivity index (χ1v) is 8.71. The van der Waals surface area contributed by atoms with E-state index in [2.05, 4.69) is 19.6 Å². The topological polar surface area (TPSA) is 49.7 Å². The molecule has 2 N–H and O–H groups in total. The van der Waals surface area contributed by atoms with E-state index in [1.165, 1.54) is 5.57 Å². The van der Waals surface area contributed by atoms with Crippen LogP contribution in [0, 0.1) is 0 Å². The van der Waals surface area contributed by atoms with Crippen LogP contribution in [0.4, 0.5) is 0 Å². The molecule has 3 nitrogen and oxygen atoms in total. The number of hydrogen-bond acceptors (Lipinski definition) is 3. The van der Waals surface area contributed by atoms with Crippen LogP contribution in [0.2, 0.25) is 0 Å². The van der Waals surface area contributed by atoms with Gasteiger partial charge in [0.25, 0.3) is 0 Å². The van der Waals surface area contributed by atoms with Crippen molar-refractivity contribution in [1.82, 2.24) is 0 Å². The van der Waals surface area contributed by atoms with Crippen LogP contribution >= 0.6 is 0 Å². The number of aliphatic hydroxyl groups is 2. The van der Waals surface area contributed by atoms with Crippen LogP contribution in [0.1, 0.15) is 66.2 Å². The maximum atomic E-state index is 10.7. The van der Waals surface area contributed by atoms with Gasteiger partial charge in [0.05, 0.1) is 17.3 Å². The highest BCUT2D eigenvalue weighted by Crippen LogP contribution is 2.45. The van der Waals surface area contributed by atoms with E-state index in [1.807, 2.05) is 32.9 Å². The zero-order chi connectivity index (χ0) is 17.3. The Labute approximate surface area is 140 Å². The maximum Gasteiger partial charge on any atom is 0.108 e. The van der Waals surface area contributed by atoms with Gasteiger partial charge in [0.15, 0.2) is 0 Å². The zero-order valence-electron chi connectivity index (χ0n) is 15.1. The van der Waals surface area contributed by atoms with Crippen molar-refractivity contribution in [2.75, 3.05) is 0 Å². The molecule has 1 saturated heterocycles. The molecule has 0 amide bonds. The molecule has 1 fully saturated rings. The average Bonchev–Trinajstić information content (AvgIpc) is 2.82. The molecule has 130 valence electrons. The summed E-state index contributed by atoms with van der Waals surface area (Å²) in [6, 6.07) is 0. The van der Waals surface area contributed by atoms with E-state index >= 15 is 0 Å². The summed E-state index contributed by atoms with van der Waals surface area (Å²) in [5.74, 6) is 0. The molecule has 0 aromatic rings. The fourth-order valence-corrected chi connectivity index (χ4v) is 3.53. The summed E-state index contributed by atoms with van der Waals surface area (Å²) in [7, 11) is 0. The summed E-state index contributed by atoms with van der Waals surface area (Å²) in [5, 5.41) is 21.3. The summed E-state index contributed by atoms with van der Waals surface area (Å²) >= 11 is 0. The van der Waals surface area contributed by atoms with Gasteiger partial charge in [0.1, 0.15) is 5.60 Å². The third-order valence-corrected chi connectivity index (χ3v) is 5.50. The quantitative estimate of drug-likeness (QED) is 0.716. The minimum absolute atomic E-state index is 0.498. The van der Waals surface area contributed by atoms with E-state index in [-0.39, 0.29) is 0 Å². The van der Waals surface area contributed by atoms with Crippen molar-refractivity contribution in [3.63, 3.8) is 0 Å². The van der Waals surface area contributed by atoms with Crippen molar-refractivity contribution >= 4 is 0 Å². The average molecular weight is 320 g/mol. The molecule has 2 heterocycles. The minimum atomic E-state index is -0.867. The standard InChI is InChI=1S/C20H32O3/c1-15(2)20-13-11-18(4,22)10-6-7-16(3)8-9-17(21)19(5,23-20)12-14-20/h7,11,13,17,21-22H,1,6,8-10,12,14H2,2-5H3. The molecule has 2 bridgehead atoms. The molecule has 0 radical (unpaired) electrons. The Bertz CT molecular complexity index is 517. The number of aliphatic hydroxyl groups excluding tert-OH is 1. The normalized spacial score (nSPS) is 42.3. The van der Waals surface area contributed by atoms with E-state index in [9.17, 15) is 10.2 Å². The van der Waals surface area contributed by atoms with Gasteiger partial charge in [0.2, 0.25) is 0 Å². The maximum absolute atomic E-state index is 10.7. The molecule has 0 spiro atoms. The van der Waals surface area contributed by atoms with Crippen molar-refractivity contribution < 1.29 is 14.9 Å².